The number of hydrogen-bond donors (Lipinski definition) is 2. The van der Waals surface area contributed by atoms with Crippen molar-refractivity contribution < 1.29 is 23.8 Å². The lowest BCUT2D eigenvalue weighted by molar-refractivity contribution is -0.0630. The zero-order valence-corrected chi connectivity index (χ0v) is 14.7. The van der Waals surface area contributed by atoms with Gasteiger partial charge in [-0.3, -0.25) is 9.59 Å². The number of aliphatic hydroxyl groups excluding tert-OH is 1. The van der Waals surface area contributed by atoms with E-state index in [4.69, 9.17) is 4.74 Å². The lowest BCUT2D eigenvalue weighted by Crippen LogP contribution is -2.53. The zero-order chi connectivity index (χ0) is 19.1. The molecule has 6 heteroatoms. The molecule has 3 rings (SSSR count). The van der Waals surface area contributed by atoms with Crippen LogP contribution >= 0.6 is 0 Å². The van der Waals surface area contributed by atoms with E-state index in [2.05, 4.69) is 5.32 Å². The van der Waals surface area contributed by atoms with Crippen LogP contribution in [0.2, 0.25) is 0 Å². The Kier molecular flexibility index (Phi) is 4.54. The number of carbonyl (C=O) groups excluding carboxylic acids is 2. The Labute approximate surface area is 150 Å². The minimum Gasteiger partial charge on any atom is -0.484 e. The Hall–Kier alpha value is -2.73. The lowest BCUT2D eigenvalue weighted by Gasteiger charge is -2.42. The van der Waals surface area contributed by atoms with Gasteiger partial charge in [-0.1, -0.05) is 12.1 Å². The van der Waals surface area contributed by atoms with Crippen LogP contribution in [0, 0.1) is 5.82 Å². The number of Topliss-reactive ketones (excluding diaryl/α,β-unsaturated/α-hetero) is 1. The van der Waals surface area contributed by atoms with Gasteiger partial charge in [0, 0.05) is 11.1 Å². The van der Waals surface area contributed by atoms with Crippen molar-refractivity contribution in [3.8, 4) is 5.75 Å². The van der Waals surface area contributed by atoms with Crippen LogP contribution in [0.15, 0.2) is 42.5 Å². The molecule has 1 aliphatic rings. The number of amides is 1. The molecule has 0 bridgehead atoms. The molecule has 2 aromatic carbocycles. The smallest absolute Gasteiger partial charge is 0.251 e. The standard InChI is InChI=1S/C20H20FNO4/c1-11(23)14-5-4-6-15-16(18(24)20(2,3)26-17(14)15)22-19(25)12-7-9-13(21)10-8-12/h4-10,16,18,24H,1-3H3,(H,22,25)/t16-,18+/m1/s1. The van der Waals surface area contributed by atoms with Crippen molar-refractivity contribution >= 4 is 11.7 Å². The molecule has 0 aromatic heterocycles. The van der Waals surface area contributed by atoms with Crippen molar-refractivity contribution in [2.75, 3.05) is 0 Å². The SMILES string of the molecule is CC(=O)c1cccc2c1OC(C)(C)[C@@H](O)[C@@H]2NC(=O)c1ccc(F)cc1. The van der Waals surface area contributed by atoms with E-state index in [1.54, 1.807) is 32.0 Å². The summed E-state index contributed by atoms with van der Waals surface area (Å²) in [4.78, 5) is 24.5. The second kappa shape index (κ2) is 6.53. The van der Waals surface area contributed by atoms with Gasteiger partial charge in [0.05, 0.1) is 11.6 Å². The fourth-order valence-electron chi connectivity index (χ4n) is 3.07. The molecule has 1 heterocycles. The normalized spacial score (nSPS) is 20.7. The van der Waals surface area contributed by atoms with Gasteiger partial charge >= 0.3 is 0 Å². The first-order chi connectivity index (χ1) is 12.2. The Morgan fingerprint density at radius 3 is 2.42 bits per heavy atom. The highest BCUT2D eigenvalue weighted by Crippen LogP contribution is 2.42. The number of nitrogens with one attached hydrogen (secondary N) is 1. The van der Waals surface area contributed by atoms with Crippen molar-refractivity contribution in [3.05, 3.63) is 65.0 Å². The number of ketones is 1. The molecule has 2 N–H and O–H groups in total. The number of hydrogen-bond acceptors (Lipinski definition) is 4. The highest BCUT2D eigenvalue weighted by atomic mass is 19.1. The molecule has 0 aliphatic carbocycles. The molecule has 1 aliphatic heterocycles. The summed E-state index contributed by atoms with van der Waals surface area (Å²) in [5, 5.41) is 13.5. The summed E-state index contributed by atoms with van der Waals surface area (Å²) in [6.07, 6.45) is -1.04. The maximum atomic E-state index is 13.1. The number of benzene rings is 2. The Bertz CT molecular complexity index is 861. The van der Waals surface area contributed by atoms with Crippen molar-refractivity contribution in [1.82, 2.24) is 5.32 Å². The molecule has 5 nitrogen and oxygen atoms in total. The van der Waals surface area contributed by atoms with Gasteiger partial charge in [0.15, 0.2) is 5.78 Å². The van der Waals surface area contributed by atoms with Crippen LogP contribution in [0.1, 0.15) is 53.1 Å². The largest absolute Gasteiger partial charge is 0.484 e. The summed E-state index contributed by atoms with van der Waals surface area (Å²) >= 11 is 0. The van der Waals surface area contributed by atoms with Crippen LogP contribution in [0.25, 0.3) is 0 Å². The van der Waals surface area contributed by atoms with Crippen LogP contribution < -0.4 is 10.1 Å². The fraction of sp³-hybridized carbons (Fsp3) is 0.300. The summed E-state index contributed by atoms with van der Waals surface area (Å²) in [7, 11) is 0. The third-order valence-electron chi connectivity index (χ3n) is 4.55. The van der Waals surface area contributed by atoms with E-state index in [1.807, 2.05) is 0 Å². The summed E-state index contributed by atoms with van der Waals surface area (Å²) in [5.41, 5.74) is 0.176. The van der Waals surface area contributed by atoms with E-state index < -0.39 is 29.5 Å². The first-order valence-corrected chi connectivity index (χ1v) is 8.28. The molecule has 0 saturated heterocycles. The minimum absolute atomic E-state index is 0.169. The second-order valence-corrected chi connectivity index (χ2v) is 6.89. The molecule has 0 radical (unpaired) electrons. The van der Waals surface area contributed by atoms with Gasteiger partial charge in [-0.25, -0.2) is 4.39 Å². The highest BCUT2D eigenvalue weighted by Gasteiger charge is 2.44. The number of carbonyl (C=O) groups is 2. The highest BCUT2D eigenvalue weighted by molar-refractivity contribution is 5.98. The summed E-state index contributed by atoms with van der Waals surface area (Å²) in [6.45, 7) is 4.81. The summed E-state index contributed by atoms with van der Waals surface area (Å²) in [5.74, 6) is -0.700. The average Bonchev–Trinajstić information content (AvgIpc) is 2.58. The molecule has 2 atom stereocenters. The van der Waals surface area contributed by atoms with Crippen molar-refractivity contribution in [2.45, 2.75) is 38.5 Å². The molecule has 0 saturated carbocycles. The van der Waals surface area contributed by atoms with E-state index in [9.17, 15) is 19.1 Å². The van der Waals surface area contributed by atoms with E-state index in [0.29, 0.717) is 16.9 Å². The van der Waals surface area contributed by atoms with E-state index in [0.717, 1.165) is 0 Å². The van der Waals surface area contributed by atoms with Crippen LogP contribution in [0.5, 0.6) is 5.75 Å². The number of halogens is 1. The third kappa shape index (κ3) is 3.20. The van der Waals surface area contributed by atoms with E-state index in [-0.39, 0.29) is 11.3 Å². The van der Waals surface area contributed by atoms with Crippen LogP contribution in [0.3, 0.4) is 0 Å². The fourth-order valence-corrected chi connectivity index (χ4v) is 3.07. The second-order valence-electron chi connectivity index (χ2n) is 6.89. The van der Waals surface area contributed by atoms with Crippen molar-refractivity contribution in [3.63, 3.8) is 0 Å². The minimum atomic E-state index is -1.04. The van der Waals surface area contributed by atoms with E-state index >= 15 is 0 Å². The van der Waals surface area contributed by atoms with Gasteiger partial charge in [-0.05, 0) is 51.1 Å². The molecule has 0 spiro atoms. The average molecular weight is 357 g/mol. The molecular formula is C20H20FNO4. The number of rotatable bonds is 3. The Morgan fingerprint density at radius 2 is 1.81 bits per heavy atom. The number of aliphatic hydroxyl groups is 1. The van der Waals surface area contributed by atoms with Crippen LogP contribution in [-0.2, 0) is 0 Å². The van der Waals surface area contributed by atoms with Crippen LogP contribution in [0.4, 0.5) is 4.39 Å². The van der Waals surface area contributed by atoms with Crippen LogP contribution in [-0.4, -0.2) is 28.5 Å². The Balaban J connectivity index is 2.01. The van der Waals surface area contributed by atoms with Gasteiger partial charge < -0.3 is 15.2 Å². The van der Waals surface area contributed by atoms with Crippen molar-refractivity contribution in [2.24, 2.45) is 0 Å². The van der Waals surface area contributed by atoms with E-state index in [1.165, 1.54) is 31.2 Å². The third-order valence-corrected chi connectivity index (χ3v) is 4.55. The maximum Gasteiger partial charge on any atom is 0.251 e. The predicted octanol–water partition coefficient (Wildman–Crippen LogP) is 3.03. The zero-order valence-electron chi connectivity index (χ0n) is 14.7. The quantitative estimate of drug-likeness (QED) is 0.828. The predicted molar refractivity (Wildman–Crippen MR) is 93.8 cm³/mol. The van der Waals surface area contributed by atoms with Gasteiger partial charge in [-0.2, -0.15) is 0 Å². The molecule has 136 valence electrons. The molecule has 2 aromatic rings. The first-order valence-electron chi connectivity index (χ1n) is 8.28. The molecule has 0 unspecified atom stereocenters. The van der Waals surface area contributed by atoms with Gasteiger partial charge in [0.2, 0.25) is 0 Å². The number of fused-ring (bicyclic) bond motifs is 1. The van der Waals surface area contributed by atoms with Crippen molar-refractivity contribution in [1.29, 1.82) is 0 Å². The maximum absolute atomic E-state index is 13.1. The first kappa shape index (κ1) is 18.1. The lowest BCUT2D eigenvalue weighted by atomic mass is 9.85. The molecular weight excluding hydrogens is 337 g/mol. The molecule has 0 fully saturated rings. The molecule has 1 amide bonds. The van der Waals surface area contributed by atoms with Gasteiger partial charge in [0.25, 0.3) is 5.91 Å². The topological polar surface area (TPSA) is 75.6 Å². The summed E-state index contributed by atoms with van der Waals surface area (Å²) in [6, 6.07) is 9.39. The summed E-state index contributed by atoms with van der Waals surface area (Å²) < 4.78 is 19.0. The Morgan fingerprint density at radius 1 is 1.15 bits per heavy atom. The molecule has 26 heavy (non-hydrogen) atoms. The van der Waals surface area contributed by atoms with Gasteiger partial charge in [-0.15, -0.1) is 0 Å². The monoisotopic (exact) mass is 357 g/mol. The van der Waals surface area contributed by atoms with Gasteiger partial charge in [0.1, 0.15) is 23.3 Å². The number of para-hydroxylation sites is 1. The number of ether oxygens (including phenoxy) is 1.